The summed E-state index contributed by atoms with van der Waals surface area (Å²) in [6.45, 7) is 4.28. The van der Waals surface area contributed by atoms with Crippen LogP contribution in [0, 0.1) is 6.92 Å². The summed E-state index contributed by atoms with van der Waals surface area (Å²) < 4.78 is 0. The summed E-state index contributed by atoms with van der Waals surface area (Å²) in [7, 11) is 0. The lowest BCUT2D eigenvalue weighted by Gasteiger charge is -2.11. The molecule has 0 radical (unpaired) electrons. The molecule has 1 aromatic heterocycles. The monoisotopic (exact) mass is 291 g/mol. The Morgan fingerprint density at radius 3 is 2.05 bits per heavy atom. The minimum absolute atomic E-state index is 0.341. The molecule has 2 heteroatoms. The normalized spacial score (nSPS) is 12.5. The van der Waals surface area contributed by atoms with Gasteiger partial charge in [-0.2, -0.15) is 0 Å². The van der Waals surface area contributed by atoms with Crippen LogP contribution in [0.5, 0.6) is 0 Å². The SMILES string of the molecule is CCCCCCCCCCCCC(O)c1cncc(C)c1. The maximum absolute atomic E-state index is 10.1. The van der Waals surface area contributed by atoms with Gasteiger partial charge < -0.3 is 5.11 Å². The van der Waals surface area contributed by atoms with Gasteiger partial charge in [-0.3, -0.25) is 4.98 Å². The van der Waals surface area contributed by atoms with Gasteiger partial charge in [0.05, 0.1) is 6.10 Å². The summed E-state index contributed by atoms with van der Waals surface area (Å²) in [5.41, 5.74) is 2.08. The average molecular weight is 291 g/mol. The molecule has 1 rings (SSSR count). The van der Waals surface area contributed by atoms with Crippen LogP contribution in [0.2, 0.25) is 0 Å². The predicted molar refractivity (Wildman–Crippen MR) is 90.4 cm³/mol. The van der Waals surface area contributed by atoms with Crippen molar-refractivity contribution in [1.29, 1.82) is 0 Å². The molecule has 1 atom stereocenters. The molecular formula is C19H33NO. The van der Waals surface area contributed by atoms with Gasteiger partial charge in [0.25, 0.3) is 0 Å². The zero-order valence-electron chi connectivity index (χ0n) is 14.0. The molecule has 0 amide bonds. The average Bonchev–Trinajstić information content (AvgIpc) is 2.49. The van der Waals surface area contributed by atoms with E-state index in [9.17, 15) is 5.11 Å². The Balaban J connectivity index is 1.96. The van der Waals surface area contributed by atoms with E-state index in [1.54, 1.807) is 6.20 Å². The molecule has 0 aliphatic carbocycles. The van der Waals surface area contributed by atoms with Crippen molar-refractivity contribution in [3.63, 3.8) is 0 Å². The highest BCUT2D eigenvalue weighted by atomic mass is 16.3. The number of nitrogens with zero attached hydrogens (tertiary/aromatic N) is 1. The number of pyridine rings is 1. The number of unbranched alkanes of at least 4 members (excludes halogenated alkanes) is 9. The lowest BCUT2D eigenvalue weighted by Crippen LogP contribution is -1.98. The predicted octanol–water partition coefficient (Wildman–Crippen LogP) is 5.73. The van der Waals surface area contributed by atoms with Crippen molar-refractivity contribution in [2.45, 2.75) is 90.6 Å². The molecule has 0 aromatic carbocycles. The summed E-state index contributed by atoms with van der Waals surface area (Å²) in [5.74, 6) is 0. The first-order valence-corrected chi connectivity index (χ1v) is 8.83. The fourth-order valence-electron chi connectivity index (χ4n) is 2.75. The third-order valence-electron chi connectivity index (χ3n) is 4.11. The third-order valence-corrected chi connectivity index (χ3v) is 4.11. The maximum Gasteiger partial charge on any atom is 0.0805 e. The number of rotatable bonds is 12. The molecule has 1 unspecified atom stereocenters. The quantitative estimate of drug-likeness (QED) is 0.498. The summed E-state index contributed by atoms with van der Waals surface area (Å²) in [5, 5.41) is 10.1. The van der Waals surface area contributed by atoms with E-state index in [1.165, 1.54) is 57.8 Å². The van der Waals surface area contributed by atoms with Crippen LogP contribution in [0.4, 0.5) is 0 Å². The summed E-state index contributed by atoms with van der Waals surface area (Å²) in [6, 6.07) is 2.04. The van der Waals surface area contributed by atoms with Crippen LogP contribution in [0.3, 0.4) is 0 Å². The molecule has 1 heterocycles. The van der Waals surface area contributed by atoms with E-state index >= 15 is 0 Å². The zero-order valence-corrected chi connectivity index (χ0v) is 14.0. The second-order valence-electron chi connectivity index (χ2n) is 6.28. The van der Waals surface area contributed by atoms with Crippen molar-refractivity contribution in [3.05, 3.63) is 29.6 Å². The van der Waals surface area contributed by atoms with Gasteiger partial charge in [-0.25, -0.2) is 0 Å². The summed E-state index contributed by atoms with van der Waals surface area (Å²) in [4.78, 5) is 4.14. The van der Waals surface area contributed by atoms with Crippen LogP contribution in [-0.2, 0) is 0 Å². The Morgan fingerprint density at radius 2 is 1.48 bits per heavy atom. The Bertz CT molecular complexity index is 364. The first kappa shape index (κ1) is 18.2. The maximum atomic E-state index is 10.1. The molecular weight excluding hydrogens is 258 g/mol. The first-order valence-electron chi connectivity index (χ1n) is 8.83. The van der Waals surface area contributed by atoms with Gasteiger partial charge in [0, 0.05) is 12.4 Å². The molecule has 0 spiro atoms. The zero-order chi connectivity index (χ0) is 15.3. The van der Waals surface area contributed by atoms with Crippen molar-refractivity contribution in [2.24, 2.45) is 0 Å². The molecule has 1 aromatic rings. The van der Waals surface area contributed by atoms with Crippen LogP contribution in [-0.4, -0.2) is 10.1 Å². The Morgan fingerprint density at radius 1 is 0.905 bits per heavy atom. The Labute approximate surface area is 131 Å². The van der Waals surface area contributed by atoms with Crippen molar-refractivity contribution in [2.75, 3.05) is 0 Å². The minimum Gasteiger partial charge on any atom is -0.388 e. The van der Waals surface area contributed by atoms with E-state index in [1.807, 2.05) is 19.2 Å². The highest BCUT2D eigenvalue weighted by molar-refractivity contribution is 5.18. The van der Waals surface area contributed by atoms with Gasteiger partial charge in [0.1, 0.15) is 0 Å². The lowest BCUT2D eigenvalue weighted by molar-refractivity contribution is 0.163. The number of aryl methyl sites for hydroxylation is 1. The summed E-state index contributed by atoms with van der Waals surface area (Å²) >= 11 is 0. The van der Waals surface area contributed by atoms with Crippen LogP contribution in [0.1, 0.15) is 94.8 Å². The lowest BCUT2D eigenvalue weighted by atomic mass is 10.0. The van der Waals surface area contributed by atoms with Crippen LogP contribution < -0.4 is 0 Å². The molecule has 0 saturated carbocycles. The number of aromatic nitrogens is 1. The van der Waals surface area contributed by atoms with Gasteiger partial charge in [-0.15, -0.1) is 0 Å². The van der Waals surface area contributed by atoms with E-state index in [4.69, 9.17) is 0 Å². The topological polar surface area (TPSA) is 33.1 Å². The van der Waals surface area contributed by atoms with E-state index in [0.29, 0.717) is 0 Å². The number of hydrogen-bond donors (Lipinski definition) is 1. The fourth-order valence-corrected chi connectivity index (χ4v) is 2.75. The largest absolute Gasteiger partial charge is 0.388 e. The second-order valence-corrected chi connectivity index (χ2v) is 6.28. The van der Waals surface area contributed by atoms with Gasteiger partial charge in [-0.05, 0) is 24.5 Å². The highest BCUT2D eigenvalue weighted by Crippen LogP contribution is 2.20. The van der Waals surface area contributed by atoms with Crippen molar-refractivity contribution < 1.29 is 5.11 Å². The van der Waals surface area contributed by atoms with Crippen LogP contribution in [0.25, 0.3) is 0 Å². The standard InChI is InChI=1S/C19H33NO/c1-3-4-5-6-7-8-9-10-11-12-13-19(21)18-14-17(2)15-20-16-18/h14-16,19,21H,3-13H2,1-2H3. The van der Waals surface area contributed by atoms with E-state index in [0.717, 1.165) is 24.0 Å². The summed E-state index contributed by atoms with van der Waals surface area (Å²) in [6.07, 6.45) is 17.5. The highest BCUT2D eigenvalue weighted by Gasteiger charge is 2.07. The van der Waals surface area contributed by atoms with Crippen LogP contribution in [0.15, 0.2) is 18.5 Å². The molecule has 0 bridgehead atoms. The van der Waals surface area contributed by atoms with Crippen molar-refractivity contribution in [3.8, 4) is 0 Å². The molecule has 21 heavy (non-hydrogen) atoms. The molecule has 0 aliphatic rings. The van der Waals surface area contributed by atoms with Crippen LogP contribution >= 0.6 is 0 Å². The van der Waals surface area contributed by atoms with E-state index in [2.05, 4.69) is 11.9 Å². The Hall–Kier alpha value is -0.890. The van der Waals surface area contributed by atoms with E-state index in [-0.39, 0.29) is 6.10 Å². The molecule has 0 aliphatic heterocycles. The molecule has 120 valence electrons. The third kappa shape index (κ3) is 8.87. The molecule has 0 fully saturated rings. The van der Waals surface area contributed by atoms with Gasteiger partial charge >= 0.3 is 0 Å². The van der Waals surface area contributed by atoms with Gasteiger partial charge in [0.2, 0.25) is 0 Å². The van der Waals surface area contributed by atoms with Crippen molar-refractivity contribution >= 4 is 0 Å². The van der Waals surface area contributed by atoms with E-state index < -0.39 is 0 Å². The minimum atomic E-state index is -0.341. The van der Waals surface area contributed by atoms with Gasteiger partial charge in [0.15, 0.2) is 0 Å². The van der Waals surface area contributed by atoms with Crippen molar-refractivity contribution in [1.82, 2.24) is 4.98 Å². The number of aliphatic hydroxyl groups excluding tert-OH is 1. The fraction of sp³-hybridized carbons (Fsp3) is 0.737. The number of hydrogen-bond acceptors (Lipinski definition) is 2. The molecule has 0 saturated heterocycles. The van der Waals surface area contributed by atoms with Gasteiger partial charge in [-0.1, -0.05) is 77.2 Å². The molecule has 2 nitrogen and oxygen atoms in total. The first-order chi connectivity index (χ1) is 10.2. The smallest absolute Gasteiger partial charge is 0.0805 e. The second kappa shape index (κ2) is 11.7. The molecule has 1 N–H and O–H groups in total. The number of aliphatic hydroxyl groups is 1. The Kier molecular flexibility index (Phi) is 10.1.